The molecule has 0 radical (unpaired) electrons. The van der Waals surface area contributed by atoms with E-state index in [4.69, 9.17) is 9.47 Å². The number of hydrogen-bond donors (Lipinski definition) is 2. The number of phenolic OH excluding ortho intramolecular Hbond substituents is 1. The Kier molecular flexibility index (Phi) is 7.08. The van der Waals surface area contributed by atoms with Crippen LogP contribution >= 0.6 is 0 Å². The van der Waals surface area contributed by atoms with Crippen molar-refractivity contribution in [3.63, 3.8) is 0 Å². The fourth-order valence-electron chi connectivity index (χ4n) is 3.70. The molecule has 1 fully saturated rings. The molecular weight excluding hydrogens is 410 g/mol. The number of ether oxygens (including phenoxy) is 2. The van der Waals surface area contributed by atoms with Gasteiger partial charge < -0.3 is 24.6 Å². The topological polar surface area (TPSA) is 96.3 Å². The van der Waals surface area contributed by atoms with E-state index in [1.807, 2.05) is 20.8 Å². The predicted molar refractivity (Wildman–Crippen MR) is 121 cm³/mol. The SMILES string of the molecule is CCCN1C(=O)C(=O)/C(=C(\O)c2ccc(OCC(C)C)cc2)C1c1ccc(OC)c(O)c1. The summed E-state index contributed by atoms with van der Waals surface area (Å²) in [6, 6.07) is 10.6. The highest BCUT2D eigenvalue weighted by molar-refractivity contribution is 6.46. The first-order valence-corrected chi connectivity index (χ1v) is 10.7. The largest absolute Gasteiger partial charge is 0.507 e. The Balaban J connectivity index is 2.06. The summed E-state index contributed by atoms with van der Waals surface area (Å²) in [4.78, 5) is 27.1. The average molecular weight is 440 g/mol. The highest BCUT2D eigenvalue weighted by Crippen LogP contribution is 2.41. The molecule has 0 aromatic heterocycles. The second kappa shape index (κ2) is 9.77. The number of aliphatic hydroxyl groups excluding tert-OH is 1. The molecule has 2 N–H and O–H groups in total. The van der Waals surface area contributed by atoms with E-state index in [9.17, 15) is 19.8 Å². The minimum absolute atomic E-state index is 0.0103. The Morgan fingerprint density at radius 3 is 2.38 bits per heavy atom. The van der Waals surface area contributed by atoms with E-state index in [0.717, 1.165) is 0 Å². The lowest BCUT2D eigenvalue weighted by Gasteiger charge is -2.25. The number of phenols is 1. The molecule has 2 aromatic rings. The fourth-order valence-corrected chi connectivity index (χ4v) is 3.70. The van der Waals surface area contributed by atoms with Gasteiger partial charge in [-0.15, -0.1) is 0 Å². The molecule has 0 saturated carbocycles. The van der Waals surface area contributed by atoms with Crippen LogP contribution in [0.4, 0.5) is 0 Å². The Morgan fingerprint density at radius 2 is 1.81 bits per heavy atom. The monoisotopic (exact) mass is 439 g/mol. The zero-order valence-electron chi connectivity index (χ0n) is 18.8. The third-order valence-corrected chi connectivity index (χ3v) is 5.23. The molecule has 2 aromatic carbocycles. The van der Waals surface area contributed by atoms with E-state index in [0.29, 0.717) is 42.4 Å². The van der Waals surface area contributed by atoms with Crippen LogP contribution < -0.4 is 9.47 Å². The Bertz CT molecular complexity index is 1030. The zero-order chi connectivity index (χ0) is 23.4. The molecule has 1 heterocycles. The molecule has 1 aliphatic rings. The zero-order valence-corrected chi connectivity index (χ0v) is 18.8. The van der Waals surface area contributed by atoms with E-state index in [1.54, 1.807) is 36.4 Å². The second-order valence-electron chi connectivity index (χ2n) is 8.15. The molecule has 7 nitrogen and oxygen atoms in total. The number of aromatic hydroxyl groups is 1. The molecule has 1 aliphatic heterocycles. The first kappa shape index (κ1) is 23.2. The Morgan fingerprint density at radius 1 is 1.12 bits per heavy atom. The molecule has 1 atom stereocenters. The molecule has 0 spiro atoms. The van der Waals surface area contributed by atoms with Crippen LogP contribution in [0.5, 0.6) is 17.2 Å². The number of carbonyl (C=O) groups excluding carboxylic acids is 2. The van der Waals surface area contributed by atoms with Gasteiger partial charge in [0.15, 0.2) is 11.5 Å². The summed E-state index contributed by atoms with van der Waals surface area (Å²) in [6.45, 7) is 6.89. The van der Waals surface area contributed by atoms with Crippen LogP contribution in [0.15, 0.2) is 48.0 Å². The van der Waals surface area contributed by atoms with Gasteiger partial charge in [-0.3, -0.25) is 9.59 Å². The number of Topliss-reactive ketones (excluding diaryl/α,β-unsaturated/α-hetero) is 1. The van der Waals surface area contributed by atoms with Crippen molar-refractivity contribution in [2.45, 2.75) is 33.2 Å². The van der Waals surface area contributed by atoms with Crippen molar-refractivity contribution in [1.82, 2.24) is 4.90 Å². The molecular formula is C25H29NO6. The number of likely N-dealkylation sites (tertiary alicyclic amines) is 1. The minimum atomic E-state index is -0.816. The number of hydrogen-bond acceptors (Lipinski definition) is 6. The maximum atomic E-state index is 12.9. The highest BCUT2D eigenvalue weighted by atomic mass is 16.5. The minimum Gasteiger partial charge on any atom is -0.507 e. The lowest BCUT2D eigenvalue weighted by atomic mass is 9.95. The van der Waals surface area contributed by atoms with Crippen LogP contribution in [0.25, 0.3) is 5.76 Å². The van der Waals surface area contributed by atoms with Crippen LogP contribution in [0, 0.1) is 5.92 Å². The van der Waals surface area contributed by atoms with Gasteiger partial charge in [-0.1, -0.05) is 26.8 Å². The summed E-state index contributed by atoms with van der Waals surface area (Å²) in [5, 5.41) is 21.3. The van der Waals surface area contributed by atoms with Gasteiger partial charge in [0.25, 0.3) is 11.7 Å². The second-order valence-corrected chi connectivity index (χ2v) is 8.15. The van der Waals surface area contributed by atoms with Crippen LogP contribution in [0.1, 0.15) is 44.4 Å². The number of carbonyl (C=O) groups is 2. The summed E-state index contributed by atoms with van der Waals surface area (Å²) >= 11 is 0. The Labute approximate surface area is 187 Å². The first-order valence-electron chi connectivity index (χ1n) is 10.7. The Hall–Kier alpha value is -3.48. The van der Waals surface area contributed by atoms with Gasteiger partial charge in [0.05, 0.1) is 25.3 Å². The normalized spacial score (nSPS) is 17.8. The predicted octanol–water partition coefficient (Wildman–Crippen LogP) is 4.27. The third-order valence-electron chi connectivity index (χ3n) is 5.23. The third kappa shape index (κ3) is 4.56. The van der Waals surface area contributed by atoms with Crippen molar-refractivity contribution >= 4 is 17.4 Å². The quantitative estimate of drug-likeness (QED) is 0.362. The first-order chi connectivity index (χ1) is 15.3. The van der Waals surface area contributed by atoms with Crippen molar-refractivity contribution in [3.05, 3.63) is 59.2 Å². The summed E-state index contributed by atoms with van der Waals surface area (Å²) in [6.07, 6.45) is 0.633. The summed E-state index contributed by atoms with van der Waals surface area (Å²) in [5.74, 6) is -0.506. The number of aliphatic hydroxyl groups is 1. The van der Waals surface area contributed by atoms with Crippen molar-refractivity contribution in [2.24, 2.45) is 5.92 Å². The fraction of sp³-hybridized carbons (Fsp3) is 0.360. The smallest absolute Gasteiger partial charge is 0.295 e. The summed E-state index contributed by atoms with van der Waals surface area (Å²) < 4.78 is 10.8. The maximum Gasteiger partial charge on any atom is 0.295 e. The lowest BCUT2D eigenvalue weighted by molar-refractivity contribution is -0.139. The molecule has 1 unspecified atom stereocenters. The van der Waals surface area contributed by atoms with Crippen LogP contribution in [0.3, 0.4) is 0 Å². The highest BCUT2D eigenvalue weighted by Gasteiger charge is 2.45. The molecule has 1 saturated heterocycles. The molecule has 7 heteroatoms. The van der Waals surface area contributed by atoms with Crippen molar-refractivity contribution < 1.29 is 29.3 Å². The van der Waals surface area contributed by atoms with Gasteiger partial charge in [-0.25, -0.2) is 0 Å². The van der Waals surface area contributed by atoms with Gasteiger partial charge >= 0.3 is 0 Å². The number of nitrogens with zero attached hydrogens (tertiary/aromatic N) is 1. The standard InChI is InChI=1S/C25H29NO6/c1-5-12-26-22(17-8-11-20(31-4)19(27)13-17)21(24(29)25(26)30)23(28)16-6-9-18(10-7-16)32-14-15(2)3/h6-11,13,15,22,27-28H,5,12,14H2,1-4H3/b23-21-. The van der Waals surface area contributed by atoms with Crippen molar-refractivity contribution in [1.29, 1.82) is 0 Å². The van der Waals surface area contributed by atoms with E-state index >= 15 is 0 Å². The summed E-state index contributed by atoms with van der Waals surface area (Å²) in [5.41, 5.74) is 0.900. The van der Waals surface area contributed by atoms with Crippen LogP contribution in [-0.4, -0.2) is 47.1 Å². The number of amides is 1. The van der Waals surface area contributed by atoms with E-state index in [1.165, 1.54) is 18.1 Å². The molecule has 3 rings (SSSR count). The van der Waals surface area contributed by atoms with Gasteiger partial charge in [0, 0.05) is 12.1 Å². The van der Waals surface area contributed by atoms with E-state index in [2.05, 4.69) is 0 Å². The lowest BCUT2D eigenvalue weighted by Crippen LogP contribution is -2.30. The number of ketones is 1. The number of benzene rings is 2. The maximum absolute atomic E-state index is 12.9. The van der Waals surface area contributed by atoms with Gasteiger partial charge in [0.1, 0.15) is 11.5 Å². The van der Waals surface area contributed by atoms with Gasteiger partial charge in [0.2, 0.25) is 0 Å². The van der Waals surface area contributed by atoms with Crippen LogP contribution in [-0.2, 0) is 9.59 Å². The van der Waals surface area contributed by atoms with Crippen LogP contribution in [0.2, 0.25) is 0 Å². The van der Waals surface area contributed by atoms with Gasteiger partial charge in [-0.2, -0.15) is 0 Å². The molecule has 32 heavy (non-hydrogen) atoms. The van der Waals surface area contributed by atoms with Crippen molar-refractivity contribution in [2.75, 3.05) is 20.3 Å². The van der Waals surface area contributed by atoms with E-state index in [-0.39, 0.29) is 22.8 Å². The molecule has 1 amide bonds. The van der Waals surface area contributed by atoms with Gasteiger partial charge in [-0.05, 0) is 54.3 Å². The van der Waals surface area contributed by atoms with Crippen molar-refractivity contribution in [3.8, 4) is 17.2 Å². The van der Waals surface area contributed by atoms with E-state index < -0.39 is 17.7 Å². The molecule has 0 bridgehead atoms. The number of methoxy groups -OCH3 is 1. The average Bonchev–Trinajstić information content (AvgIpc) is 3.02. The number of rotatable bonds is 8. The molecule has 170 valence electrons. The molecule has 0 aliphatic carbocycles. The summed E-state index contributed by atoms with van der Waals surface area (Å²) in [7, 11) is 1.44.